The minimum Gasteiger partial charge on any atom is -0.458 e. The number of carbonyl (C=O) groups is 2. The van der Waals surface area contributed by atoms with Gasteiger partial charge in [0.05, 0.1) is 5.69 Å². The Morgan fingerprint density at radius 1 is 0.854 bits per heavy atom. The lowest BCUT2D eigenvalue weighted by Crippen LogP contribution is -2.46. The van der Waals surface area contributed by atoms with E-state index < -0.39 is 23.7 Å². The van der Waals surface area contributed by atoms with Crippen molar-refractivity contribution in [1.82, 2.24) is 10.3 Å². The number of fused-ring (bicyclic) bond motifs is 3. The summed E-state index contributed by atoms with van der Waals surface area (Å²) >= 11 is 0. The predicted molar refractivity (Wildman–Crippen MR) is 161 cm³/mol. The maximum Gasteiger partial charge on any atom is 0.407 e. The molecule has 3 aromatic carbocycles. The number of rotatable bonds is 8. The van der Waals surface area contributed by atoms with Crippen molar-refractivity contribution in [3.8, 4) is 22.4 Å². The number of amides is 1. The van der Waals surface area contributed by atoms with Gasteiger partial charge in [0.1, 0.15) is 18.2 Å². The Morgan fingerprint density at radius 3 is 2.05 bits per heavy atom. The van der Waals surface area contributed by atoms with Gasteiger partial charge in [-0.15, -0.1) is 0 Å². The summed E-state index contributed by atoms with van der Waals surface area (Å²) in [7, 11) is 0. The molecule has 0 aliphatic heterocycles. The first-order valence-corrected chi connectivity index (χ1v) is 14.1. The molecule has 1 aliphatic carbocycles. The van der Waals surface area contributed by atoms with E-state index in [1.807, 2.05) is 48.5 Å². The third-order valence-electron chi connectivity index (χ3n) is 7.27. The topological polar surface area (TPSA) is 77.5 Å². The van der Waals surface area contributed by atoms with Gasteiger partial charge >= 0.3 is 12.1 Å². The van der Waals surface area contributed by atoms with Crippen LogP contribution in [0.3, 0.4) is 0 Å². The molecule has 1 aromatic heterocycles. The molecule has 1 N–H and O–H groups in total. The molecule has 6 nitrogen and oxygen atoms in total. The summed E-state index contributed by atoms with van der Waals surface area (Å²) in [6.45, 7) is 7.69. The SMILES string of the molecule is CCc1ccccc1-c1ccc(C[C@H](NC(=O)OCC2c3ccccc3-c3ccccc32)C(=O)OC(C)(C)C)cn1. The lowest BCUT2D eigenvalue weighted by atomic mass is 9.98. The van der Waals surface area contributed by atoms with Crippen molar-refractivity contribution < 1.29 is 19.1 Å². The number of aromatic nitrogens is 1. The molecule has 0 fully saturated rings. The average Bonchev–Trinajstić information content (AvgIpc) is 3.29. The maximum absolute atomic E-state index is 13.1. The molecular weight excluding hydrogens is 512 g/mol. The zero-order chi connectivity index (χ0) is 29.0. The smallest absolute Gasteiger partial charge is 0.407 e. The van der Waals surface area contributed by atoms with Crippen LogP contribution < -0.4 is 5.32 Å². The Hall–Kier alpha value is -4.45. The summed E-state index contributed by atoms with van der Waals surface area (Å²) in [5.41, 5.74) is 7.83. The molecule has 6 heteroatoms. The summed E-state index contributed by atoms with van der Waals surface area (Å²) in [4.78, 5) is 30.9. The summed E-state index contributed by atoms with van der Waals surface area (Å²) in [5.74, 6) is -0.595. The first kappa shape index (κ1) is 28.1. The average molecular weight is 549 g/mol. The zero-order valence-electron chi connectivity index (χ0n) is 24.0. The highest BCUT2D eigenvalue weighted by molar-refractivity contribution is 5.82. The first-order valence-electron chi connectivity index (χ1n) is 14.1. The van der Waals surface area contributed by atoms with Gasteiger partial charge in [-0.3, -0.25) is 4.98 Å². The number of pyridine rings is 1. The predicted octanol–water partition coefficient (Wildman–Crippen LogP) is 7.10. The lowest BCUT2D eigenvalue weighted by molar-refractivity contribution is -0.157. The molecule has 1 amide bonds. The third-order valence-corrected chi connectivity index (χ3v) is 7.27. The highest BCUT2D eigenvalue weighted by Crippen LogP contribution is 2.44. The number of esters is 1. The molecule has 0 spiro atoms. The molecule has 1 heterocycles. The van der Waals surface area contributed by atoms with E-state index in [9.17, 15) is 9.59 Å². The number of hydrogen-bond acceptors (Lipinski definition) is 5. The zero-order valence-corrected chi connectivity index (χ0v) is 24.0. The van der Waals surface area contributed by atoms with Gasteiger partial charge in [-0.2, -0.15) is 0 Å². The molecule has 0 unspecified atom stereocenters. The van der Waals surface area contributed by atoms with Crippen LogP contribution in [-0.4, -0.2) is 35.3 Å². The molecule has 1 aliphatic rings. The fraction of sp³-hybridized carbons (Fsp3) is 0.286. The fourth-order valence-corrected chi connectivity index (χ4v) is 5.37. The van der Waals surface area contributed by atoms with E-state index in [1.165, 1.54) is 5.56 Å². The fourth-order valence-electron chi connectivity index (χ4n) is 5.37. The van der Waals surface area contributed by atoms with Gasteiger partial charge in [-0.1, -0.05) is 85.8 Å². The number of benzene rings is 3. The van der Waals surface area contributed by atoms with E-state index in [-0.39, 0.29) is 18.9 Å². The standard InChI is InChI=1S/C35H36N2O4/c1-5-24-12-6-7-13-25(24)31-19-18-23(21-36-31)20-32(33(38)41-35(2,3)4)37-34(39)40-22-30-28-16-10-8-14-26(28)27-15-9-11-17-29(27)30/h6-19,21,30,32H,5,20,22H2,1-4H3,(H,37,39)/t32-/m0/s1. The number of aryl methyl sites for hydroxylation is 1. The molecule has 0 saturated heterocycles. The third kappa shape index (κ3) is 6.49. The Kier molecular flexibility index (Phi) is 8.20. The molecule has 0 bridgehead atoms. The summed E-state index contributed by atoms with van der Waals surface area (Å²) in [5, 5.41) is 2.76. The number of ether oxygens (including phenoxy) is 2. The van der Waals surface area contributed by atoms with Crippen LogP contribution in [-0.2, 0) is 27.1 Å². The molecular formula is C35H36N2O4. The second kappa shape index (κ2) is 12.0. The van der Waals surface area contributed by atoms with Crippen LogP contribution in [0.4, 0.5) is 4.79 Å². The van der Waals surface area contributed by atoms with E-state index in [4.69, 9.17) is 9.47 Å². The number of alkyl carbamates (subject to hydrolysis) is 1. The number of hydrogen-bond donors (Lipinski definition) is 1. The molecule has 210 valence electrons. The largest absolute Gasteiger partial charge is 0.458 e. The van der Waals surface area contributed by atoms with Crippen molar-refractivity contribution in [3.63, 3.8) is 0 Å². The number of carbonyl (C=O) groups excluding carboxylic acids is 2. The molecule has 4 aromatic rings. The van der Waals surface area contributed by atoms with Crippen molar-refractivity contribution >= 4 is 12.1 Å². The number of nitrogens with one attached hydrogen (secondary N) is 1. The first-order chi connectivity index (χ1) is 19.7. The van der Waals surface area contributed by atoms with Gasteiger partial charge in [0, 0.05) is 24.1 Å². The van der Waals surface area contributed by atoms with E-state index in [0.717, 1.165) is 45.5 Å². The maximum atomic E-state index is 13.1. The Morgan fingerprint density at radius 2 is 1.46 bits per heavy atom. The Bertz CT molecular complexity index is 1490. The second-order valence-corrected chi connectivity index (χ2v) is 11.3. The molecule has 41 heavy (non-hydrogen) atoms. The van der Waals surface area contributed by atoms with Crippen LogP contribution in [0.15, 0.2) is 91.1 Å². The molecule has 0 radical (unpaired) electrons. The minimum absolute atomic E-state index is 0.0733. The van der Waals surface area contributed by atoms with Gasteiger partial charge in [-0.25, -0.2) is 9.59 Å². The van der Waals surface area contributed by atoms with Gasteiger partial charge < -0.3 is 14.8 Å². The summed E-state index contributed by atoms with van der Waals surface area (Å²) in [6.07, 6.45) is 2.22. The van der Waals surface area contributed by atoms with E-state index in [0.29, 0.717) is 0 Å². The highest BCUT2D eigenvalue weighted by Gasteiger charge is 2.31. The van der Waals surface area contributed by atoms with Crippen molar-refractivity contribution in [3.05, 3.63) is 113 Å². The summed E-state index contributed by atoms with van der Waals surface area (Å²) < 4.78 is 11.4. The summed E-state index contributed by atoms with van der Waals surface area (Å²) in [6, 6.07) is 27.5. The highest BCUT2D eigenvalue weighted by atomic mass is 16.6. The molecule has 1 atom stereocenters. The van der Waals surface area contributed by atoms with E-state index >= 15 is 0 Å². The minimum atomic E-state index is -0.930. The normalized spacial score (nSPS) is 13.2. The lowest BCUT2D eigenvalue weighted by Gasteiger charge is -2.25. The van der Waals surface area contributed by atoms with E-state index in [1.54, 1.807) is 27.0 Å². The Balaban J connectivity index is 1.29. The monoisotopic (exact) mass is 548 g/mol. The molecule has 5 rings (SSSR count). The Labute approximate surface area is 241 Å². The van der Waals surface area contributed by atoms with Crippen molar-refractivity contribution in [1.29, 1.82) is 0 Å². The number of nitrogens with zero attached hydrogens (tertiary/aromatic N) is 1. The van der Waals surface area contributed by atoms with Crippen LogP contribution in [0.25, 0.3) is 22.4 Å². The van der Waals surface area contributed by atoms with Crippen molar-refractivity contribution in [2.45, 2.75) is 58.1 Å². The van der Waals surface area contributed by atoms with E-state index in [2.05, 4.69) is 53.6 Å². The van der Waals surface area contributed by atoms with Crippen LogP contribution in [0.2, 0.25) is 0 Å². The van der Waals surface area contributed by atoms with Crippen LogP contribution in [0.1, 0.15) is 55.9 Å². The van der Waals surface area contributed by atoms with Gasteiger partial charge in [0.25, 0.3) is 0 Å². The van der Waals surface area contributed by atoms with Crippen LogP contribution in [0.5, 0.6) is 0 Å². The van der Waals surface area contributed by atoms with Crippen molar-refractivity contribution in [2.24, 2.45) is 0 Å². The van der Waals surface area contributed by atoms with Crippen molar-refractivity contribution in [2.75, 3.05) is 6.61 Å². The quantitative estimate of drug-likeness (QED) is 0.238. The van der Waals surface area contributed by atoms with Crippen LogP contribution >= 0.6 is 0 Å². The van der Waals surface area contributed by atoms with Gasteiger partial charge in [-0.05, 0) is 66.6 Å². The second-order valence-electron chi connectivity index (χ2n) is 11.3. The molecule has 0 saturated carbocycles. The van der Waals surface area contributed by atoms with Gasteiger partial charge in [0.15, 0.2) is 0 Å². The van der Waals surface area contributed by atoms with Crippen LogP contribution in [0, 0.1) is 0 Å². The van der Waals surface area contributed by atoms with Gasteiger partial charge in [0.2, 0.25) is 0 Å².